The van der Waals surface area contributed by atoms with Crippen LogP contribution in [0.2, 0.25) is 0 Å². The fourth-order valence-electron chi connectivity index (χ4n) is 2.61. The van der Waals surface area contributed by atoms with E-state index in [0.717, 1.165) is 25.0 Å². The first-order valence-electron chi connectivity index (χ1n) is 7.06. The maximum absolute atomic E-state index is 11.2. The summed E-state index contributed by atoms with van der Waals surface area (Å²) in [4.78, 5) is 15.7. The fraction of sp³-hybridized carbons (Fsp3) is 0.600. The van der Waals surface area contributed by atoms with Crippen LogP contribution in [0, 0.1) is 0 Å². The molecule has 2 rings (SSSR count). The summed E-state index contributed by atoms with van der Waals surface area (Å²) in [6, 6.07) is 3.44. The van der Waals surface area contributed by atoms with Crippen molar-refractivity contribution in [3.05, 3.63) is 23.4 Å². The molecular weight excluding hydrogens is 256 g/mol. The Morgan fingerprint density at radius 1 is 1.45 bits per heavy atom. The molecule has 1 aromatic heterocycles. The average molecular weight is 278 g/mol. The minimum Gasteiger partial charge on any atom is -0.478 e. The van der Waals surface area contributed by atoms with Crippen LogP contribution in [0.15, 0.2) is 12.1 Å². The highest BCUT2D eigenvalue weighted by atomic mass is 16.5. The molecule has 1 heterocycles. The zero-order chi connectivity index (χ0) is 14.7. The van der Waals surface area contributed by atoms with Gasteiger partial charge in [0.25, 0.3) is 0 Å². The van der Waals surface area contributed by atoms with Crippen molar-refractivity contribution in [1.29, 1.82) is 0 Å². The van der Waals surface area contributed by atoms with Crippen LogP contribution in [0.4, 0.5) is 5.82 Å². The van der Waals surface area contributed by atoms with Gasteiger partial charge in [0.1, 0.15) is 5.82 Å². The summed E-state index contributed by atoms with van der Waals surface area (Å²) in [5.41, 5.74) is 1.07. The van der Waals surface area contributed by atoms with E-state index in [9.17, 15) is 9.90 Å². The quantitative estimate of drug-likeness (QED) is 0.866. The summed E-state index contributed by atoms with van der Waals surface area (Å²) >= 11 is 0. The number of pyridine rings is 1. The Balaban J connectivity index is 2.24. The van der Waals surface area contributed by atoms with E-state index in [-0.39, 0.29) is 23.6 Å². The lowest BCUT2D eigenvalue weighted by Crippen LogP contribution is -2.30. The first-order chi connectivity index (χ1) is 9.51. The molecule has 0 spiro atoms. The summed E-state index contributed by atoms with van der Waals surface area (Å²) in [5, 5.41) is 12.5. The average Bonchev–Trinajstić information content (AvgIpc) is 2.85. The van der Waals surface area contributed by atoms with E-state index in [2.05, 4.69) is 10.3 Å². The summed E-state index contributed by atoms with van der Waals surface area (Å²) in [7, 11) is 1.71. The topological polar surface area (TPSA) is 71.5 Å². The van der Waals surface area contributed by atoms with Gasteiger partial charge >= 0.3 is 5.97 Å². The summed E-state index contributed by atoms with van der Waals surface area (Å²) in [5.74, 6) is -0.105. The molecule has 20 heavy (non-hydrogen) atoms. The van der Waals surface area contributed by atoms with Gasteiger partial charge in [-0.15, -0.1) is 0 Å². The largest absolute Gasteiger partial charge is 0.478 e. The normalized spacial score (nSPS) is 22.2. The van der Waals surface area contributed by atoms with Gasteiger partial charge in [-0.25, -0.2) is 9.78 Å². The van der Waals surface area contributed by atoms with Crippen molar-refractivity contribution in [2.45, 2.75) is 51.2 Å². The van der Waals surface area contributed by atoms with E-state index in [4.69, 9.17) is 4.74 Å². The molecule has 2 N–H and O–H groups in total. The second-order valence-corrected chi connectivity index (χ2v) is 5.58. The lowest BCUT2D eigenvalue weighted by molar-refractivity contribution is 0.0696. The number of carboxylic acid groups (broad SMARTS) is 1. The predicted octanol–water partition coefficient (Wildman–Crippen LogP) is 2.88. The molecule has 0 saturated heterocycles. The lowest BCUT2D eigenvalue weighted by atomic mass is 10.1. The highest BCUT2D eigenvalue weighted by molar-refractivity contribution is 5.88. The standard InChI is InChI=1S/C15H22N2O3/c1-9(2)12-7-10(15(18)19)8-14(17-12)16-11-5-4-6-13(11)20-3/h7-9,11,13H,4-6H2,1-3H3,(H,16,17)(H,18,19). The zero-order valence-electron chi connectivity index (χ0n) is 12.2. The molecule has 5 heteroatoms. The minimum atomic E-state index is -0.924. The highest BCUT2D eigenvalue weighted by Gasteiger charge is 2.27. The third-order valence-electron chi connectivity index (χ3n) is 3.77. The Labute approximate surface area is 119 Å². The number of methoxy groups -OCH3 is 1. The molecule has 0 aromatic carbocycles. The molecule has 1 fully saturated rings. The van der Waals surface area contributed by atoms with Crippen molar-refractivity contribution >= 4 is 11.8 Å². The first-order valence-corrected chi connectivity index (χ1v) is 7.06. The number of hydrogen-bond donors (Lipinski definition) is 2. The second-order valence-electron chi connectivity index (χ2n) is 5.58. The first kappa shape index (κ1) is 14.8. The monoisotopic (exact) mass is 278 g/mol. The van der Waals surface area contributed by atoms with E-state index < -0.39 is 5.97 Å². The van der Waals surface area contributed by atoms with Crippen LogP contribution in [0.5, 0.6) is 0 Å². The van der Waals surface area contributed by atoms with E-state index in [1.807, 2.05) is 13.8 Å². The number of ether oxygens (including phenoxy) is 1. The van der Waals surface area contributed by atoms with Gasteiger partial charge < -0.3 is 15.2 Å². The molecule has 1 aromatic rings. The van der Waals surface area contributed by atoms with Gasteiger partial charge in [0, 0.05) is 12.8 Å². The zero-order valence-corrected chi connectivity index (χ0v) is 12.2. The van der Waals surface area contributed by atoms with Gasteiger partial charge in [-0.3, -0.25) is 0 Å². The van der Waals surface area contributed by atoms with E-state index in [1.165, 1.54) is 0 Å². The Bertz CT molecular complexity index is 488. The van der Waals surface area contributed by atoms with Gasteiger partial charge in [-0.2, -0.15) is 0 Å². The van der Waals surface area contributed by atoms with Crippen LogP contribution in [0.25, 0.3) is 0 Å². The molecule has 110 valence electrons. The van der Waals surface area contributed by atoms with E-state index in [1.54, 1.807) is 19.2 Å². The molecule has 1 aliphatic rings. The third-order valence-corrected chi connectivity index (χ3v) is 3.77. The van der Waals surface area contributed by atoms with Crippen LogP contribution in [0.1, 0.15) is 55.1 Å². The van der Waals surface area contributed by atoms with Crippen molar-refractivity contribution in [3.8, 4) is 0 Å². The minimum absolute atomic E-state index is 0.174. The van der Waals surface area contributed by atoms with Gasteiger partial charge in [0.05, 0.1) is 17.7 Å². The van der Waals surface area contributed by atoms with Crippen molar-refractivity contribution in [1.82, 2.24) is 4.98 Å². The number of carbonyl (C=O) groups is 1. The Morgan fingerprint density at radius 3 is 2.80 bits per heavy atom. The molecule has 0 amide bonds. The van der Waals surface area contributed by atoms with Gasteiger partial charge in [0.2, 0.25) is 0 Å². The summed E-state index contributed by atoms with van der Waals surface area (Å²) in [6.45, 7) is 4.01. The Hall–Kier alpha value is -1.62. The van der Waals surface area contributed by atoms with E-state index in [0.29, 0.717) is 5.82 Å². The number of aromatic carboxylic acids is 1. The molecule has 1 saturated carbocycles. The van der Waals surface area contributed by atoms with Crippen LogP contribution >= 0.6 is 0 Å². The predicted molar refractivity (Wildman–Crippen MR) is 77.3 cm³/mol. The smallest absolute Gasteiger partial charge is 0.335 e. The van der Waals surface area contributed by atoms with E-state index >= 15 is 0 Å². The van der Waals surface area contributed by atoms with Crippen LogP contribution < -0.4 is 5.32 Å². The van der Waals surface area contributed by atoms with Gasteiger partial charge in [-0.05, 0) is 37.3 Å². The molecular formula is C15H22N2O3. The van der Waals surface area contributed by atoms with Crippen LogP contribution in [-0.4, -0.2) is 35.3 Å². The molecule has 0 radical (unpaired) electrons. The summed E-state index contributed by atoms with van der Waals surface area (Å²) < 4.78 is 5.44. The van der Waals surface area contributed by atoms with Gasteiger partial charge in [0.15, 0.2) is 0 Å². The number of anilines is 1. The van der Waals surface area contributed by atoms with Crippen molar-refractivity contribution < 1.29 is 14.6 Å². The molecule has 1 aliphatic carbocycles. The molecule has 2 atom stereocenters. The van der Waals surface area contributed by atoms with Crippen molar-refractivity contribution in [2.75, 3.05) is 12.4 Å². The molecule has 0 bridgehead atoms. The number of carboxylic acids is 1. The van der Waals surface area contributed by atoms with Crippen molar-refractivity contribution in [3.63, 3.8) is 0 Å². The Kier molecular flexibility index (Phi) is 4.60. The number of hydrogen-bond acceptors (Lipinski definition) is 4. The lowest BCUT2D eigenvalue weighted by Gasteiger charge is -2.21. The van der Waals surface area contributed by atoms with Crippen LogP contribution in [0.3, 0.4) is 0 Å². The number of rotatable bonds is 5. The highest BCUT2D eigenvalue weighted by Crippen LogP contribution is 2.26. The summed E-state index contributed by atoms with van der Waals surface area (Å²) in [6.07, 6.45) is 3.34. The molecule has 0 aliphatic heterocycles. The number of aromatic nitrogens is 1. The maximum atomic E-state index is 11.2. The Morgan fingerprint density at radius 2 is 2.20 bits per heavy atom. The van der Waals surface area contributed by atoms with Crippen LogP contribution in [-0.2, 0) is 4.74 Å². The maximum Gasteiger partial charge on any atom is 0.335 e. The number of nitrogens with one attached hydrogen (secondary N) is 1. The fourth-order valence-corrected chi connectivity index (χ4v) is 2.61. The van der Waals surface area contributed by atoms with Crippen molar-refractivity contribution in [2.24, 2.45) is 0 Å². The number of nitrogens with zero attached hydrogens (tertiary/aromatic N) is 1. The second kappa shape index (κ2) is 6.22. The SMILES string of the molecule is COC1CCCC1Nc1cc(C(=O)O)cc(C(C)C)n1. The third kappa shape index (κ3) is 3.28. The molecule has 5 nitrogen and oxygen atoms in total. The molecule has 2 unspecified atom stereocenters. The van der Waals surface area contributed by atoms with Gasteiger partial charge in [-0.1, -0.05) is 13.8 Å².